The molecule has 0 aliphatic rings. The van der Waals surface area contributed by atoms with Crippen molar-refractivity contribution in [2.24, 2.45) is 0 Å². The lowest BCUT2D eigenvalue weighted by atomic mass is 10.4. The van der Waals surface area contributed by atoms with Gasteiger partial charge < -0.3 is 13.8 Å². The van der Waals surface area contributed by atoms with Gasteiger partial charge in [-0.15, -0.1) is 11.6 Å². The molecule has 3 aromatic rings. The zero-order chi connectivity index (χ0) is 13.2. The van der Waals surface area contributed by atoms with Gasteiger partial charge in [-0.2, -0.15) is 4.98 Å². The van der Waals surface area contributed by atoms with Crippen LogP contribution in [-0.4, -0.2) is 31.8 Å². The van der Waals surface area contributed by atoms with Gasteiger partial charge in [0.15, 0.2) is 16.9 Å². The normalized spacial score (nSPS) is 11.1. The minimum atomic E-state index is 0.258. The second kappa shape index (κ2) is 4.85. The Labute approximate surface area is 113 Å². The predicted octanol–water partition coefficient (Wildman–Crippen LogP) is 1.61. The van der Waals surface area contributed by atoms with Crippen molar-refractivity contribution >= 4 is 22.8 Å². The Morgan fingerprint density at radius 2 is 2.32 bits per heavy atom. The smallest absolute Gasteiger partial charge is 0.245 e. The highest BCUT2D eigenvalue weighted by atomic mass is 35.5. The van der Waals surface area contributed by atoms with Gasteiger partial charge in [-0.1, -0.05) is 5.16 Å². The van der Waals surface area contributed by atoms with Gasteiger partial charge >= 0.3 is 0 Å². The molecule has 0 aliphatic carbocycles. The van der Waals surface area contributed by atoms with E-state index in [0.29, 0.717) is 35.2 Å². The third kappa shape index (κ3) is 2.01. The van der Waals surface area contributed by atoms with Crippen molar-refractivity contribution in [1.82, 2.24) is 24.7 Å². The van der Waals surface area contributed by atoms with Gasteiger partial charge in [0.2, 0.25) is 5.88 Å². The van der Waals surface area contributed by atoms with Gasteiger partial charge in [0, 0.05) is 6.07 Å². The highest BCUT2D eigenvalue weighted by molar-refractivity contribution is 6.16. The third-order valence-electron chi connectivity index (χ3n) is 2.70. The molecule has 3 aromatic heterocycles. The predicted molar refractivity (Wildman–Crippen MR) is 67.0 cm³/mol. The number of hydrogen-bond acceptors (Lipinski definition) is 6. The molecule has 0 unspecified atom stereocenters. The molecular formula is C11H10ClN5O2. The van der Waals surface area contributed by atoms with E-state index in [1.54, 1.807) is 12.3 Å². The van der Waals surface area contributed by atoms with Gasteiger partial charge in [0.1, 0.15) is 12.2 Å². The van der Waals surface area contributed by atoms with Gasteiger partial charge in [-0.05, 0) is 0 Å². The van der Waals surface area contributed by atoms with E-state index < -0.39 is 0 Å². The van der Waals surface area contributed by atoms with Crippen molar-refractivity contribution in [3.8, 4) is 5.88 Å². The Hall–Kier alpha value is -2.15. The van der Waals surface area contributed by atoms with Crippen LogP contribution in [0.25, 0.3) is 11.2 Å². The molecule has 19 heavy (non-hydrogen) atoms. The summed E-state index contributed by atoms with van der Waals surface area (Å²) >= 11 is 5.92. The summed E-state index contributed by atoms with van der Waals surface area (Å²) in [6.45, 7) is 0.457. The average molecular weight is 280 g/mol. The number of alkyl halides is 1. The van der Waals surface area contributed by atoms with Crippen LogP contribution in [0.2, 0.25) is 0 Å². The Morgan fingerprint density at radius 1 is 1.42 bits per heavy atom. The molecule has 0 aliphatic heterocycles. The first-order valence-corrected chi connectivity index (χ1v) is 6.06. The topological polar surface area (TPSA) is 78.9 Å². The van der Waals surface area contributed by atoms with Gasteiger partial charge in [0.05, 0.1) is 25.7 Å². The molecule has 8 heteroatoms. The number of aromatic nitrogens is 5. The fourth-order valence-corrected chi connectivity index (χ4v) is 2.06. The Bertz CT molecular complexity index is 694. The first kappa shape index (κ1) is 11.9. The maximum Gasteiger partial charge on any atom is 0.245 e. The molecule has 0 saturated carbocycles. The number of rotatable bonds is 4. The van der Waals surface area contributed by atoms with Crippen LogP contribution in [0.5, 0.6) is 5.88 Å². The fourth-order valence-electron chi connectivity index (χ4n) is 1.86. The first-order chi connectivity index (χ1) is 9.33. The molecule has 0 aromatic carbocycles. The molecule has 98 valence electrons. The molecule has 0 saturated heterocycles. The highest BCUT2D eigenvalue weighted by Gasteiger charge is 2.16. The second-order valence-corrected chi connectivity index (χ2v) is 4.05. The van der Waals surface area contributed by atoms with Crippen LogP contribution in [0.15, 0.2) is 23.1 Å². The van der Waals surface area contributed by atoms with E-state index in [-0.39, 0.29) is 5.88 Å². The van der Waals surface area contributed by atoms with Gasteiger partial charge in [-0.25, -0.2) is 9.97 Å². The van der Waals surface area contributed by atoms with Crippen LogP contribution in [0.4, 0.5) is 0 Å². The monoisotopic (exact) mass is 279 g/mol. The largest absolute Gasteiger partial charge is 0.479 e. The standard InChI is InChI=1S/C11H10ClN5O2/c1-18-11-9-10(13-6-14-11)17(8(4-12)16-9)5-7-2-3-15-19-7/h2-3,6H,4-5H2,1H3. The van der Waals surface area contributed by atoms with Gasteiger partial charge in [0.25, 0.3) is 0 Å². The summed E-state index contributed by atoms with van der Waals surface area (Å²) in [5, 5.41) is 3.67. The fraction of sp³-hybridized carbons (Fsp3) is 0.273. The first-order valence-electron chi connectivity index (χ1n) is 5.53. The molecule has 0 N–H and O–H groups in total. The van der Waals surface area contributed by atoms with Crippen LogP contribution < -0.4 is 4.74 Å². The molecular weight excluding hydrogens is 270 g/mol. The van der Waals surface area contributed by atoms with Crippen LogP contribution in [0.3, 0.4) is 0 Å². The van der Waals surface area contributed by atoms with Crippen molar-refractivity contribution in [2.45, 2.75) is 12.4 Å². The number of halogens is 1. The van der Waals surface area contributed by atoms with Crippen LogP contribution in [0, 0.1) is 0 Å². The highest BCUT2D eigenvalue weighted by Crippen LogP contribution is 2.23. The summed E-state index contributed by atoms with van der Waals surface area (Å²) in [5.74, 6) is 2.05. The molecule has 0 bridgehead atoms. The molecule has 0 atom stereocenters. The molecule has 7 nitrogen and oxygen atoms in total. The summed E-state index contributed by atoms with van der Waals surface area (Å²) in [7, 11) is 1.54. The van der Waals surface area contributed by atoms with E-state index in [1.807, 2.05) is 4.57 Å². The summed E-state index contributed by atoms with van der Waals surface area (Å²) in [6.07, 6.45) is 3.02. The number of imidazole rings is 1. The van der Waals surface area contributed by atoms with Crippen molar-refractivity contribution in [1.29, 1.82) is 0 Å². The Morgan fingerprint density at radius 3 is 3.00 bits per heavy atom. The molecule has 0 spiro atoms. The van der Waals surface area contributed by atoms with E-state index in [4.69, 9.17) is 20.9 Å². The average Bonchev–Trinajstić information content (AvgIpc) is 3.07. The number of methoxy groups -OCH3 is 1. The van der Waals surface area contributed by atoms with Crippen LogP contribution in [-0.2, 0) is 12.4 Å². The minimum absolute atomic E-state index is 0.258. The molecule has 3 heterocycles. The van der Waals surface area contributed by atoms with E-state index in [9.17, 15) is 0 Å². The van der Waals surface area contributed by atoms with Crippen LogP contribution >= 0.6 is 11.6 Å². The maximum atomic E-state index is 5.92. The van der Waals surface area contributed by atoms with E-state index >= 15 is 0 Å². The lowest BCUT2D eigenvalue weighted by molar-refractivity contribution is 0.376. The number of ether oxygens (including phenoxy) is 1. The Kier molecular flexibility index (Phi) is 3.04. The van der Waals surface area contributed by atoms with Crippen LogP contribution in [0.1, 0.15) is 11.6 Å². The molecule has 0 radical (unpaired) electrons. The van der Waals surface area contributed by atoms with Crippen molar-refractivity contribution in [2.75, 3.05) is 7.11 Å². The lowest BCUT2D eigenvalue weighted by Crippen LogP contribution is -2.04. The van der Waals surface area contributed by atoms with E-state index in [2.05, 4.69) is 20.1 Å². The minimum Gasteiger partial charge on any atom is -0.479 e. The molecule has 0 fully saturated rings. The van der Waals surface area contributed by atoms with E-state index in [0.717, 1.165) is 0 Å². The number of hydrogen-bond donors (Lipinski definition) is 0. The molecule has 3 rings (SSSR count). The zero-order valence-electron chi connectivity index (χ0n) is 10.1. The molecule has 0 amide bonds. The quantitative estimate of drug-likeness (QED) is 0.675. The third-order valence-corrected chi connectivity index (χ3v) is 2.93. The summed E-state index contributed by atoms with van der Waals surface area (Å²) < 4.78 is 12.1. The SMILES string of the molecule is COc1ncnc2c1nc(CCl)n2Cc1ccno1. The van der Waals surface area contributed by atoms with Crippen molar-refractivity contribution in [3.63, 3.8) is 0 Å². The summed E-state index contributed by atoms with van der Waals surface area (Å²) in [4.78, 5) is 12.7. The summed E-state index contributed by atoms with van der Waals surface area (Å²) in [6, 6.07) is 1.78. The summed E-state index contributed by atoms with van der Waals surface area (Å²) in [5.41, 5.74) is 1.24. The lowest BCUT2D eigenvalue weighted by Gasteiger charge is -2.03. The van der Waals surface area contributed by atoms with E-state index in [1.165, 1.54) is 13.4 Å². The maximum absolute atomic E-state index is 5.92. The Balaban J connectivity index is 2.16. The van der Waals surface area contributed by atoms with Crippen molar-refractivity contribution < 1.29 is 9.26 Å². The zero-order valence-corrected chi connectivity index (χ0v) is 10.8. The second-order valence-electron chi connectivity index (χ2n) is 3.78. The number of nitrogens with zero attached hydrogens (tertiary/aromatic N) is 5. The van der Waals surface area contributed by atoms with Crippen molar-refractivity contribution in [3.05, 3.63) is 30.2 Å². The number of fused-ring (bicyclic) bond motifs is 1. The van der Waals surface area contributed by atoms with Gasteiger partial charge in [-0.3, -0.25) is 0 Å².